The van der Waals surface area contributed by atoms with Crippen LogP contribution >= 0.6 is 39.1 Å². The van der Waals surface area contributed by atoms with E-state index in [9.17, 15) is 9.90 Å². The summed E-state index contributed by atoms with van der Waals surface area (Å²) in [5, 5.41) is 10.1. The number of carbonyl (C=O) groups is 1. The minimum atomic E-state index is -1.03. The highest BCUT2D eigenvalue weighted by atomic mass is 79.9. The second kappa shape index (κ2) is 5.57. The average molecular weight is 364 g/mol. The van der Waals surface area contributed by atoms with Crippen LogP contribution in [0, 0.1) is 0 Å². The van der Waals surface area contributed by atoms with Crippen molar-refractivity contribution in [2.45, 2.75) is 13.3 Å². The maximum Gasteiger partial charge on any atom is 0.339 e. The molecule has 0 radical (unpaired) electrons. The van der Waals surface area contributed by atoms with Gasteiger partial charge in [0.15, 0.2) is 4.67 Å². The van der Waals surface area contributed by atoms with Crippen LogP contribution in [0.4, 0.5) is 0 Å². The summed E-state index contributed by atoms with van der Waals surface area (Å²) >= 11 is 15.0. The van der Waals surface area contributed by atoms with Crippen molar-refractivity contribution < 1.29 is 14.3 Å². The Morgan fingerprint density at radius 1 is 1.37 bits per heavy atom. The van der Waals surface area contributed by atoms with E-state index in [-0.39, 0.29) is 11.3 Å². The van der Waals surface area contributed by atoms with Gasteiger partial charge in [-0.3, -0.25) is 0 Å². The lowest BCUT2D eigenvalue weighted by Gasteiger charge is -2.02. The summed E-state index contributed by atoms with van der Waals surface area (Å²) in [5.74, 6) is -0.762. The first-order valence-electron chi connectivity index (χ1n) is 5.45. The van der Waals surface area contributed by atoms with Gasteiger partial charge in [0.25, 0.3) is 0 Å². The third-order valence-electron chi connectivity index (χ3n) is 2.71. The molecule has 0 bridgehead atoms. The second-order valence-corrected chi connectivity index (χ2v) is 5.38. The SMILES string of the molecule is CCc1c(Br)oc(-c2ccc(Cl)c(Cl)c2)c1C(=O)O. The Morgan fingerprint density at radius 3 is 2.58 bits per heavy atom. The Kier molecular flexibility index (Phi) is 4.23. The molecular weight excluding hydrogens is 355 g/mol. The number of hydrogen-bond donors (Lipinski definition) is 1. The Hall–Kier alpha value is -0.970. The summed E-state index contributed by atoms with van der Waals surface area (Å²) in [6.07, 6.45) is 0.549. The molecule has 19 heavy (non-hydrogen) atoms. The van der Waals surface area contributed by atoms with E-state index in [1.165, 1.54) is 0 Å². The van der Waals surface area contributed by atoms with Crippen LogP contribution in [0.1, 0.15) is 22.8 Å². The lowest BCUT2D eigenvalue weighted by Crippen LogP contribution is -2.00. The monoisotopic (exact) mass is 362 g/mol. The van der Waals surface area contributed by atoms with Gasteiger partial charge in [0, 0.05) is 11.1 Å². The zero-order valence-electron chi connectivity index (χ0n) is 9.84. The lowest BCUT2D eigenvalue weighted by molar-refractivity contribution is 0.0696. The first-order chi connectivity index (χ1) is 8.95. The van der Waals surface area contributed by atoms with Gasteiger partial charge in [0.2, 0.25) is 0 Å². The van der Waals surface area contributed by atoms with Crippen molar-refractivity contribution >= 4 is 45.1 Å². The van der Waals surface area contributed by atoms with Crippen molar-refractivity contribution in [2.75, 3.05) is 0 Å². The predicted octanol–water partition coefficient (Wildman–Crippen LogP) is 5.28. The van der Waals surface area contributed by atoms with Gasteiger partial charge in [-0.25, -0.2) is 4.79 Å². The van der Waals surface area contributed by atoms with Crippen molar-refractivity contribution in [3.63, 3.8) is 0 Å². The molecule has 0 unspecified atom stereocenters. The summed E-state index contributed by atoms with van der Waals surface area (Å²) in [4.78, 5) is 11.4. The number of furan rings is 1. The summed E-state index contributed by atoms with van der Waals surface area (Å²) in [7, 11) is 0. The van der Waals surface area contributed by atoms with E-state index < -0.39 is 5.97 Å². The first-order valence-corrected chi connectivity index (χ1v) is 7.00. The van der Waals surface area contributed by atoms with Crippen LogP contribution in [0.25, 0.3) is 11.3 Å². The molecule has 2 rings (SSSR count). The fourth-order valence-corrected chi connectivity index (χ4v) is 2.76. The number of aromatic carboxylic acids is 1. The standard InChI is InChI=1S/C13H9BrCl2O3/c1-2-7-10(13(17)18)11(19-12(7)14)6-3-4-8(15)9(16)5-6/h3-5H,2H2,1H3,(H,17,18). The van der Waals surface area contributed by atoms with Crippen LogP contribution < -0.4 is 0 Å². The van der Waals surface area contributed by atoms with Gasteiger partial charge in [-0.1, -0.05) is 30.1 Å². The molecule has 1 N–H and O–H groups in total. The Balaban J connectivity index is 2.68. The number of carboxylic acids is 1. The highest BCUT2D eigenvalue weighted by Gasteiger charge is 2.24. The minimum absolute atomic E-state index is 0.146. The molecule has 0 saturated carbocycles. The molecule has 6 heteroatoms. The van der Waals surface area contributed by atoms with Crippen molar-refractivity contribution in [2.24, 2.45) is 0 Å². The zero-order valence-corrected chi connectivity index (χ0v) is 12.9. The van der Waals surface area contributed by atoms with Crippen molar-refractivity contribution in [1.82, 2.24) is 0 Å². The van der Waals surface area contributed by atoms with E-state index in [1.54, 1.807) is 18.2 Å². The van der Waals surface area contributed by atoms with Crippen LogP contribution in [0.2, 0.25) is 10.0 Å². The number of carboxylic acid groups (broad SMARTS) is 1. The predicted molar refractivity (Wildman–Crippen MR) is 78.2 cm³/mol. The molecule has 0 aliphatic carbocycles. The van der Waals surface area contributed by atoms with Crippen LogP contribution in [0.15, 0.2) is 27.3 Å². The fraction of sp³-hybridized carbons (Fsp3) is 0.154. The third kappa shape index (κ3) is 2.66. The molecule has 2 aromatic rings. The van der Waals surface area contributed by atoms with Crippen molar-refractivity contribution in [1.29, 1.82) is 0 Å². The molecule has 0 atom stereocenters. The third-order valence-corrected chi connectivity index (χ3v) is 4.09. The highest BCUT2D eigenvalue weighted by molar-refractivity contribution is 9.10. The smallest absolute Gasteiger partial charge is 0.339 e. The first kappa shape index (κ1) is 14.4. The Labute approximate surface area is 128 Å². The van der Waals surface area contributed by atoms with Gasteiger partial charge in [-0.15, -0.1) is 0 Å². The summed E-state index contributed by atoms with van der Waals surface area (Å²) in [6.45, 7) is 1.86. The molecule has 0 saturated heterocycles. The van der Waals surface area contributed by atoms with E-state index in [0.29, 0.717) is 32.3 Å². The van der Waals surface area contributed by atoms with Crippen molar-refractivity contribution in [3.8, 4) is 11.3 Å². The molecule has 0 aliphatic heterocycles. The van der Waals surface area contributed by atoms with Gasteiger partial charge >= 0.3 is 5.97 Å². The number of benzene rings is 1. The molecule has 0 aliphatic rings. The summed E-state index contributed by atoms with van der Waals surface area (Å²) < 4.78 is 5.94. The molecule has 1 aromatic carbocycles. The maximum absolute atomic E-state index is 11.4. The summed E-state index contributed by atoms with van der Waals surface area (Å²) in [6, 6.07) is 4.86. The summed E-state index contributed by atoms with van der Waals surface area (Å²) in [5.41, 5.74) is 1.34. The minimum Gasteiger partial charge on any atom is -0.478 e. The number of hydrogen-bond acceptors (Lipinski definition) is 2. The van der Waals surface area contributed by atoms with Gasteiger partial charge in [0.05, 0.1) is 10.0 Å². The molecule has 0 spiro atoms. The highest BCUT2D eigenvalue weighted by Crippen LogP contribution is 2.37. The number of rotatable bonds is 3. The zero-order chi connectivity index (χ0) is 14.2. The maximum atomic E-state index is 11.4. The molecule has 0 fully saturated rings. The topological polar surface area (TPSA) is 50.4 Å². The van der Waals surface area contributed by atoms with Crippen molar-refractivity contribution in [3.05, 3.63) is 44.0 Å². The molecule has 100 valence electrons. The molecule has 1 heterocycles. The quantitative estimate of drug-likeness (QED) is 0.807. The molecule has 0 amide bonds. The second-order valence-electron chi connectivity index (χ2n) is 3.85. The average Bonchev–Trinajstić information content (AvgIpc) is 2.69. The van der Waals surface area contributed by atoms with E-state index in [2.05, 4.69) is 15.9 Å². The van der Waals surface area contributed by atoms with E-state index in [4.69, 9.17) is 27.6 Å². The molecule has 3 nitrogen and oxygen atoms in total. The largest absolute Gasteiger partial charge is 0.478 e. The van der Waals surface area contributed by atoms with Crippen LogP contribution in [0.5, 0.6) is 0 Å². The fourth-order valence-electron chi connectivity index (χ4n) is 1.82. The van der Waals surface area contributed by atoms with Crippen LogP contribution in [0.3, 0.4) is 0 Å². The van der Waals surface area contributed by atoms with Gasteiger partial charge in [-0.2, -0.15) is 0 Å². The van der Waals surface area contributed by atoms with Gasteiger partial charge in [-0.05, 0) is 40.5 Å². The van der Waals surface area contributed by atoms with Crippen LogP contribution in [-0.4, -0.2) is 11.1 Å². The molecule has 1 aromatic heterocycles. The van der Waals surface area contributed by atoms with E-state index in [1.807, 2.05) is 6.92 Å². The number of halogens is 3. The Morgan fingerprint density at radius 2 is 2.05 bits per heavy atom. The van der Waals surface area contributed by atoms with Gasteiger partial charge < -0.3 is 9.52 Å². The van der Waals surface area contributed by atoms with Crippen LogP contribution in [-0.2, 0) is 6.42 Å². The van der Waals surface area contributed by atoms with Gasteiger partial charge in [0.1, 0.15) is 11.3 Å². The Bertz CT molecular complexity index is 650. The molecular formula is C13H9BrCl2O3. The normalized spacial score (nSPS) is 10.7. The van der Waals surface area contributed by atoms with E-state index >= 15 is 0 Å². The van der Waals surface area contributed by atoms with E-state index in [0.717, 1.165) is 0 Å². The lowest BCUT2D eigenvalue weighted by atomic mass is 10.0.